The molecule has 47 heavy (non-hydrogen) atoms. The number of ketones is 1. The van der Waals surface area contributed by atoms with Gasteiger partial charge in [0.2, 0.25) is 0 Å². The Bertz CT molecular complexity index is 2050. The minimum Gasteiger partial charge on any atom is -0.512 e. The maximum absolute atomic E-state index is 12.2. The van der Waals surface area contributed by atoms with Crippen LogP contribution in [0.4, 0.5) is 0 Å². The molecule has 0 spiro atoms. The number of carbonyl (C=O) groups is 1. The van der Waals surface area contributed by atoms with Crippen LogP contribution < -0.4 is 0 Å². The fraction of sp³-hybridized carbons (Fsp3) is 0.400. The van der Waals surface area contributed by atoms with E-state index in [-0.39, 0.29) is 47.9 Å². The van der Waals surface area contributed by atoms with Crippen LogP contribution >= 0.6 is 34.0 Å². The fourth-order valence-corrected chi connectivity index (χ4v) is 8.84. The normalized spacial score (nSPS) is 12.8. The van der Waals surface area contributed by atoms with Crippen LogP contribution in [0.2, 0.25) is 0 Å². The zero-order valence-corrected chi connectivity index (χ0v) is 33.8. The molecule has 0 fully saturated rings. The molecule has 0 aliphatic carbocycles. The standard InChI is InChI=1S/C25H18NS3.C15H28O2.Ir/c1-25(2,3)19-11-16(10-15-6-9-28-23(15)19)22-24-17(4-7-26-22)18-13-20-14(5-8-27-20)12-21(18)29-24;1-7-14(5,8-2)12(16)11-13(17)15(6,9-3)10-4;/h4-9,11-13H,1-3H3;11,16H,7-10H2,1-6H3;/q-1;;/b;12-11-;. The summed E-state index contributed by atoms with van der Waals surface area (Å²) >= 11 is 5.46. The number of hydrogen-bond acceptors (Lipinski definition) is 6. The fourth-order valence-electron chi connectivity index (χ4n) is 5.72. The number of nitrogens with zero attached hydrogens (tertiary/aromatic N) is 1. The molecular formula is C40H46IrNO2S3-. The van der Waals surface area contributed by atoms with Gasteiger partial charge in [0.1, 0.15) is 5.76 Å². The molecule has 3 nitrogen and oxygen atoms in total. The zero-order chi connectivity index (χ0) is 33.4. The molecular weight excluding hydrogens is 815 g/mol. The van der Waals surface area contributed by atoms with Gasteiger partial charge in [0.05, 0.1) is 0 Å². The number of carbonyl (C=O) groups excluding carboxylic acids is 1. The van der Waals surface area contributed by atoms with E-state index in [0.29, 0.717) is 0 Å². The third-order valence-corrected chi connectivity index (χ3v) is 13.1. The van der Waals surface area contributed by atoms with Crippen molar-refractivity contribution in [3.8, 4) is 11.3 Å². The molecule has 2 aromatic carbocycles. The number of hydrogen-bond donors (Lipinski definition) is 1. The summed E-state index contributed by atoms with van der Waals surface area (Å²) in [6.07, 6.45) is 6.70. The Morgan fingerprint density at radius 2 is 1.49 bits per heavy atom. The van der Waals surface area contributed by atoms with Gasteiger partial charge < -0.3 is 5.11 Å². The Balaban J connectivity index is 0.000000242. The monoisotopic (exact) mass is 861 g/mol. The van der Waals surface area contributed by atoms with Crippen molar-refractivity contribution < 1.29 is 30.0 Å². The van der Waals surface area contributed by atoms with E-state index >= 15 is 0 Å². The van der Waals surface area contributed by atoms with Gasteiger partial charge in [-0.25, -0.2) is 0 Å². The molecule has 1 radical (unpaired) electrons. The van der Waals surface area contributed by atoms with E-state index in [9.17, 15) is 9.90 Å². The summed E-state index contributed by atoms with van der Waals surface area (Å²) in [6.45, 7) is 18.9. The zero-order valence-electron chi connectivity index (χ0n) is 29.0. The molecule has 7 heteroatoms. The van der Waals surface area contributed by atoms with Crippen molar-refractivity contribution in [2.45, 2.75) is 93.4 Å². The number of aliphatic hydroxyl groups excluding tert-OH is 1. The molecule has 0 aliphatic heterocycles. The number of rotatable bonds is 8. The predicted octanol–water partition coefficient (Wildman–Crippen LogP) is 13.3. The van der Waals surface area contributed by atoms with Crippen molar-refractivity contribution in [1.29, 1.82) is 0 Å². The first kappa shape index (κ1) is 37.4. The first-order valence-electron chi connectivity index (χ1n) is 16.4. The second-order valence-electron chi connectivity index (χ2n) is 13.9. The predicted molar refractivity (Wildman–Crippen MR) is 204 cm³/mol. The SMILES string of the molecule is CC(C)(C)c1cc(-c2nccc3c2sc2cc4ccsc4cc23)[c-]c2ccsc12.CCC(C)(CC)C(=O)/C=C(\O)C(C)(CC)CC.[Ir]. The van der Waals surface area contributed by atoms with Gasteiger partial charge in [-0.3, -0.25) is 9.78 Å². The Labute approximate surface area is 305 Å². The van der Waals surface area contributed by atoms with Crippen LogP contribution in [-0.4, -0.2) is 15.9 Å². The quantitative estimate of drug-likeness (QED) is 0.0942. The summed E-state index contributed by atoms with van der Waals surface area (Å²) in [6, 6.07) is 17.2. The van der Waals surface area contributed by atoms with E-state index < -0.39 is 0 Å². The van der Waals surface area contributed by atoms with Crippen molar-refractivity contribution in [2.24, 2.45) is 10.8 Å². The largest absolute Gasteiger partial charge is 0.512 e. The molecule has 4 heterocycles. The first-order chi connectivity index (χ1) is 21.8. The van der Waals surface area contributed by atoms with Gasteiger partial charge in [0.15, 0.2) is 5.78 Å². The number of thiophene rings is 3. The average molecular weight is 861 g/mol. The first-order valence-corrected chi connectivity index (χ1v) is 18.9. The van der Waals surface area contributed by atoms with Gasteiger partial charge >= 0.3 is 0 Å². The van der Waals surface area contributed by atoms with E-state index in [0.717, 1.165) is 36.9 Å². The molecule has 0 aliphatic rings. The topological polar surface area (TPSA) is 50.2 Å². The molecule has 1 N–H and O–H groups in total. The summed E-state index contributed by atoms with van der Waals surface area (Å²) in [5.41, 5.74) is 2.99. The minimum atomic E-state index is -0.337. The summed E-state index contributed by atoms with van der Waals surface area (Å²) in [5.74, 6) is 0.286. The number of allylic oxidation sites excluding steroid dienone is 2. The van der Waals surface area contributed by atoms with Gasteiger partial charge in [-0.2, -0.15) is 11.3 Å². The molecule has 0 atom stereocenters. The van der Waals surface area contributed by atoms with E-state index in [1.54, 1.807) is 22.7 Å². The number of benzene rings is 2. The van der Waals surface area contributed by atoms with E-state index in [4.69, 9.17) is 4.98 Å². The smallest absolute Gasteiger partial charge is 0.164 e. The Morgan fingerprint density at radius 1 is 0.830 bits per heavy atom. The van der Waals surface area contributed by atoms with Crippen molar-refractivity contribution in [2.75, 3.05) is 0 Å². The third-order valence-electron chi connectivity index (χ3n) is 10.1. The number of aromatic nitrogens is 1. The van der Waals surface area contributed by atoms with Crippen LogP contribution in [0, 0.1) is 16.9 Å². The molecule has 6 rings (SSSR count). The minimum absolute atomic E-state index is 0. The van der Waals surface area contributed by atoms with Gasteiger partial charge in [0.25, 0.3) is 0 Å². The van der Waals surface area contributed by atoms with Gasteiger partial charge in [-0.15, -0.1) is 46.3 Å². The molecule has 0 amide bonds. The molecule has 0 saturated carbocycles. The molecule has 6 aromatic rings. The molecule has 4 aromatic heterocycles. The Morgan fingerprint density at radius 3 is 2.13 bits per heavy atom. The second-order valence-corrected chi connectivity index (χ2v) is 16.8. The third kappa shape index (κ3) is 7.31. The Kier molecular flexibility index (Phi) is 11.6. The molecule has 0 bridgehead atoms. The van der Waals surface area contributed by atoms with Crippen LogP contribution in [0.1, 0.15) is 93.6 Å². The van der Waals surface area contributed by atoms with Gasteiger partial charge in [0, 0.05) is 68.4 Å². The maximum Gasteiger partial charge on any atom is 0.164 e. The van der Waals surface area contributed by atoms with Crippen LogP contribution in [0.25, 0.3) is 51.6 Å². The molecule has 251 valence electrons. The Hall–Kier alpha value is -2.41. The van der Waals surface area contributed by atoms with Crippen molar-refractivity contribution in [1.82, 2.24) is 4.98 Å². The summed E-state index contributed by atoms with van der Waals surface area (Å²) in [5, 5.41) is 19.6. The molecule has 0 unspecified atom stereocenters. The maximum atomic E-state index is 12.2. The summed E-state index contributed by atoms with van der Waals surface area (Å²) < 4.78 is 5.26. The number of fused-ring (bicyclic) bond motifs is 5. The van der Waals surface area contributed by atoms with Crippen LogP contribution in [-0.2, 0) is 30.3 Å². The average Bonchev–Trinajstić information content (AvgIpc) is 3.80. The van der Waals surface area contributed by atoms with Crippen molar-refractivity contribution >= 4 is 80.1 Å². The van der Waals surface area contributed by atoms with Crippen molar-refractivity contribution in [3.63, 3.8) is 0 Å². The van der Waals surface area contributed by atoms with Crippen LogP contribution in [0.3, 0.4) is 0 Å². The van der Waals surface area contributed by atoms with E-state index in [1.807, 2.05) is 59.1 Å². The number of aliphatic hydroxyl groups is 1. The second kappa shape index (κ2) is 14.6. The van der Waals surface area contributed by atoms with Crippen LogP contribution in [0.15, 0.2) is 65.2 Å². The summed E-state index contributed by atoms with van der Waals surface area (Å²) in [7, 11) is 0. The van der Waals surface area contributed by atoms with Gasteiger partial charge in [-0.05, 0) is 81.6 Å². The van der Waals surface area contributed by atoms with Crippen molar-refractivity contribution in [3.05, 3.63) is 76.8 Å². The van der Waals surface area contributed by atoms with E-state index in [2.05, 4.69) is 74.0 Å². The van der Waals surface area contributed by atoms with Gasteiger partial charge in [-0.1, -0.05) is 73.4 Å². The van der Waals surface area contributed by atoms with Crippen LogP contribution in [0.5, 0.6) is 0 Å². The van der Waals surface area contributed by atoms with E-state index in [1.165, 1.54) is 52.0 Å². The molecule has 0 saturated heterocycles. The number of pyridine rings is 1. The summed E-state index contributed by atoms with van der Waals surface area (Å²) in [4.78, 5) is 17.0.